The van der Waals surface area contributed by atoms with Gasteiger partial charge in [0.25, 0.3) is 0 Å². The number of rotatable bonds is 2. The molecule has 1 aromatic carbocycles. The Morgan fingerprint density at radius 1 is 1.20 bits per heavy atom. The van der Waals surface area contributed by atoms with Crippen LogP contribution in [0.1, 0.15) is 25.5 Å². The summed E-state index contributed by atoms with van der Waals surface area (Å²) in [5.41, 5.74) is 1.27. The van der Waals surface area contributed by atoms with Gasteiger partial charge in [0.1, 0.15) is 0 Å². The minimum Gasteiger partial charge on any atom is -0.367 e. The largest absolute Gasteiger partial charge is 0.367 e. The molecule has 0 radical (unpaired) electrons. The van der Waals surface area contributed by atoms with Crippen LogP contribution in [-0.2, 0) is 4.74 Å². The molecule has 0 aliphatic carbocycles. The van der Waals surface area contributed by atoms with Crippen LogP contribution in [0.15, 0.2) is 30.3 Å². The lowest BCUT2D eigenvalue weighted by molar-refractivity contribution is -0.0603. The predicted molar refractivity (Wildman–Crippen MR) is 61.8 cm³/mol. The highest BCUT2D eigenvalue weighted by molar-refractivity contribution is 5.18. The van der Waals surface area contributed by atoms with Gasteiger partial charge in [0, 0.05) is 13.1 Å². The molecule has 2 nitrogen and oxygen atoms in total. The molecule has 0 saturated carbocycles. The molecular formula is C13H19NO. The third-order valence-corrected chi connectivity index (χ3v) is 2.93. The van der Waals surface area contributed by atoms with Crippen LogP contribution in [0.3, 0.4) is 0 Å². The summed E-state index contributed by atoms with van der Waals surface area (Å²) in [4.78, 5) is 0. The molecule has 15 heavy (non-hydrogen) atoms. The SMILES string of the molecule is CC(C)C1CNCC(c2ccccc2)O1. The smallest absolute Gasteiger partial charge is 0.0953 e. The van der Waals surface area contributed by atoms with Crippen LogP contribution >= 0.6 is 0 Å². The Labute approximate surface area is 91.6 Å². The monoisotopic (exact) mass is 205 g/mol. The van der Waals surface area contributed by atoms with Gasteiger partial charge in [0.05, 0.1) is 12.2 Å². The van der Waals surface area contributed by atoms with Gasteiger partial charge < -0.3 is 10.1 Å². The van der Waals surface area contributed by atoms with E-state index in [1.165, 1.54) is 5.56 Å². The summed E-state index contributed by atoms with van der Waals surface area (Å²) in [6.07, 6.45) is 0.552. The lowest BCUT2D eigenvalue weighted by Gasteiger charge is -2.33. The van der Waals surface area contributed by atoms with Gasteiger partial charge in [-0.1, -0.05) is 44.2 Å². The molecule has 2 atom stereocenters. The Bertz CT molecular complexity index is 297. The average Bonchev–Trinajstić information content (AvgIpc) is 2.30. The highest BCUT2D eigenvalue weighted by Crippen LogP contribution is 2.23. The molecule has 0 amide bonds. The van der Waals surface area contributed by atoms with E-state index in [2.05, 4.69) is 43.4 Å². The number of benzene rings is 1. The van der Waals surface area contributed by atoms with Gasteiger partial charge in [0.2, 0.25) is 0 Å². The van der Waals surface area contributed by atoms with Crippen molar-refractivity contribution in [2.45, 2.75) is 26.1 Å². The van der Waals surface area contributed by atoms with E-state index in [0.29, 0.717) is 12.0 Å². The van der Waals surface area contributed by atoms with E-state index in [1.54, 1.807) is 0 Å². The van der Waals surface area contributed by atoms with Crippen LogP contribution in [0.25, 0.3) is 0 Å². The van der Waals surface area contributed by atoms with Crippen molar-refractivity contribution < 1.29 is 4.74 Å². The molecule has 1 aliphatic heterocycles. The van der Waals surface area contributed by atoms with Crippen molar-refractivity contribution >= 4 is 0 Å². The first-order valence-electron chi connectivity index (χ1n) is 5.68. The summed E-state index contributed by atoms with van der Waals surface area (Å²) in [7, 11) is 0. The first kappa shape index (κ1) is 10.7. The summed E-state index contributed by atoms with van der Waals surface area (Å²) in [6, 6.07) is 10.4. The van der Waals surface area contributed by atoms with Crippen LogP contribution in [-0.4, -0.2) is 19.2 Å². The maximum atomic E-state index is 6.07. The minimum absolute atomic E-state index is 0.215. The van der Waals surface area contributed by atoms with Crippen molar-refractivity contribution in [3.8, 4) is 0 Å². The first-order chi connectivity index (χ1) is 7.27. The van der Waals surface area contributed by atoms with Gasteiger partial charge in [-0.15, -0.1) is 0 Å². The highest BCUT2D eigenvalue weighted by Gasteiger charge is 2.24. The van der Waals surface area contributed by atoms with Crippen LogP contribution in [0.2, 0.25) is 0 Å². The van der Waals surface area contributed by atoms with Gasteiger partial charge in [0.15, 0.2) is 0 Å². The van der Waals surface area contributed by atoms with Gasteiger partial charge in [-0.3, -0.25) is 0 Å². The summed E-state index contributed by atoms with van der Waals surface area (Å²) in [5.74, 6) is 0.573. The molecule has 1 N–H and O–H groups in total. The molecule has 1 heterocycles. The number of hydrogen-bond acceptors (Lipinski definition) is 2. The lowest BCUT2D eigenvalue weighted by atomic mass is 10.0. The Morgan fingerprint density at radius 2 is 1.93 bits per heavy atom. The first-order valence-corrected chi connectivity index (χ1v) is 5.68. The van der Waals surface area contributed by atoms with E-state index in [4.69, 9.17) is 4.74 Å². The van der Waals surface area contributed by atoms with E-state index in [1.807, 2.05) is 6.07 Å². The number of morpholine rings is 1. The fourth-order valence-electron chi connectivity index (χ4n) is 1.92. The van der Waals surface area contributed by atoms with Gasteiger partial charge in [-0.25, -0.2) is 0 Å². The summed E-state index contributed by atoms with van der Waals surface area (Å²) in [5, 5.41) is 3.44. The van der Waals surface area contributed by atoms with Crippen molar-refractivity contribution in [3.05, 3.63) is 35.9 Å². The molecule has 0 bridgehead atoms. The van der Waals surface area contributed by atoms with Crippen LogP contribution < -0.4 is 5.32 Å². The van der Waals surface area contributed by atoms with Crippen LogP contribution in [0.4, 0.5) is 0 Å². The second kappa shape index (κ2) is 4.77. The van der Waals surface area contributed by atoms with E-state index >= 15 is 0 Å². The van der Waals surface area contributed by atoms with Crippen molar-refractivity contribution in [3.63, 3.8) is 0 Å². The summed E-state index contributed by atoms with van der Waals surface area (Å²) >= 11 is 0. The lowest BCUT2D eigenvalue weighted by Crippen LogP contribution is -2.42. The Balaban J connectivity index is 2.05. The molecule has 1 aliphatic rings. The highest BCUT2D eigenvalue weighted by atomic mass is 16.5. The van der Waals surface area contributed by atoms with Crippen LogP contribution in [0.5, 0.6) is 0 Å². The molecule has 82 valence electrons. The molecule has 1 aromatic rings. The molecule has 2 heteroatoms. The number of nitrogens with one attached hydrogen (secondary N) is 1. The molecule has 1 fully saturated rings. The maximum absolute atomic E-state index is 6.07. The Morgan fingerprint density at radius 3 is 2.60 bits per heavy atom. The standard InChI is InChI=1S/C13H19NO/c1-10(2)12-8-14-9-13(15-12)11-6-4-3-5-7-11/h3-7,10,12-14H,8-9H2,1-2H3. The van der Waals surface area contributed by atoms with Crippen LogP contribution in [0, 0.1) is 5.92 Å². The van der Waals surface area contributed by atoms with Gasteiger partial charge in [-0.05, 0) is 11.5 Å². The Kier molecular flexibility index (Phi) is 3.39. The maximum Gasteiger partial charge on any atom is 0.0953 e. The van der Waals surface area contributed by atoms with Crippen molar-refractivity contribution in [2.75, 3.05) is 13.1 Å². The number of hydrogen-bond donors (Lipinski definition) is 1. The third kappa shape index (κ3) is 2.58. The molecule has 0 spiro atoms. The van der Waals surface area contributed by atoms with E-state index in [-0.39, 0.29) is 6.10 Å². The Hall–Kier alpha value is -0.860. The third-order valence-electron chi connectivity index (χ3n) is 2.93. The molecule has 1 saturated heterocycles. The van der Waals surface area contributed by atoms with E-state index < -0.39 is 0 Å². The fourth-order valence-corrected chi connectivity index (χ4v) is 1.92. The zero-order valence-electron chi connectivity index (χ0n) is 9.44. The topological polar surface area (TPSA) is 21.3 Å². The molecular weight excluding hydrogens is 186 g/mol. The van der Waals surface area contributed by atoms with E-state index in [0.717, 1.165) is 13.1 Å². The number of ether oxygens (including phenoxy) is 1. The minimum atomic E-state index is 0.215. The molecule has 2 unspecified atom stereocenters. The quantitative estimate of drug-likeness (QED) is 0.800. The predicted octanol–water partition coefficient (Wildman–Crippen LogP) is 2.37. The normalized spacial score (nSPS) is 26.9. The van der Waals surface area contributed by atoms with E-state index in [9.17, 15) is 0 Å². The molecule has 0 aromatic heterocycles. The van der Waals surface area contributed by atoms with Gasteiger partial charge >= 0.3 is 0 Å². The second-order valence-electron chi connectivity index (χ2n) is 4.48. The zero-order valence-corrected chi connectivity index (χ0v) is 9.44. The zero-order chi connectivity index (χ0) is 10.7. The molecule has 2 rings (SSSR count). The van der Waals surface area contributed by atoms with Crippen molar-refractivity contribution in [1.82, 2.24) is 5.32 Å². The fraction of sp³-hybridized carbons (Fsp3) is 0.538. The van der Waals surface area contributed by atoms with Crippen molar-refractivity contribution in [1.29, 1.82) is 0 Å². The average molecular weight is 205 g/mol. The van der Waals surface area contributed by atoms with Gasteiger partial charge in [-0.2, -0.15) is 0 Å². The summed E-state index contributed by atoms with van der Waals surface area (Å²) in [6.45, 7) is 6.31. The second-order valence-corrected chi connectivity index (χ2v) is 4.48. The summed E-state index contributed by atoms with van der Waals surface area (Å²) < 4.78 is 6.07. The van der Waals surface area contributed by atoms with Crippen molar-refractivity contribution in [2.24, 2.45) is 5.92 Å².